The summed E-state index contributed by atoms with van der Waals surface area (Å²) >= 11 is 0. The Labute approximate surface area is 375 Å². The number of carbonyl (C=O) groups is 1. The van der Waals surface area contributed by atoms with Crippen molar-refractivity contribution in [3.05, 3.63) is 12.2 Å². The molecular weight excluding hydrogens is 868 g/mol. The summed E-state index contributed by atoms with van der Waals surface area (Å²) in [6.07, 6.45) is -26.1. The molecule has 0 amide bonds. The number of hydrogen-bond acceptors (Lipinski definition) is 22. The SMILES string of the molecule is C=C1C[C@@]23CC[C@@H]4[C@@](C)(CCC[C@@]4(C)C(=O)O[C@@H]4O[C@H](CO)[C@@H](O)[C@H](O)[C@H]4O)[C@H]2CC[C@]1(O[C@@H]1O[C@H](CO)[C@@H](O)[C@H](O[C@@H]2OC[C@@H](O)[C@H](O)[C@H]2O)[C@H]1O[C@@H]1O[C@H](CO)[C@@H](O)[C@H](O)[C@H]1O)C3. The molecule has 22 heteroatoms. The summed E-state index contributed by atoms with van der Waals surface area (Å²) in [5, 5.41) is 137. The van der Waals surface area contributed by atoms with Crippen LogP contribution in [-0.4, -0.2) is 221 Å². The van der Waals surface area contributed by atoms with Crippen LogP contribution in [0.1, 0.15) is 71.6 Å². The second-order valence-electron chi connectivity index (χ2n) is 20.4. The summed E-state index contributed by atoms with van der Waals surface area (Å²) in [6, 6.07) is 0. The van der Waals surface area contributed by atoms with E-state index in [0.29, 0.717) is 51.4 Å². The number of hydrogen-bond donors (Lipinski definition) is 13. The second kappa shape index (κ2) is 18.6. The first kappa shape index (κ1) is 49.8. The lowest BCUT2D eigenvalue weighted by molar-refractivity contribution is -0.396. The van der Waals surface area contributed by atoms with Crippen LogP contribution in [0.2, 0.25) is 0 Å². The fourth-order valence-electron chi connectivity index (χ4n) is 13.2. The molecular formula is C43H68O22. The highest BCUT2D eigenvalue weighted by Gasteiger charge is 2.69. The Balaban J connectivity index is 1.06. The number of ether oxygens (including phenoxy) is 8. The van der Waals surface area contributed by atoms with Gasteiger partial charge < -0.3 is 104 Å². The Bertz CT molecular complexity index is 1710. The van der Waals surface area contributed by atoms with Crippen molar-refractivity contribution in [3.8, 4) is 0 Å². The molecule has 4 aliphatic carbocycles. The van der Waals surface area contributed by atoms with Crippen molar-refractivity contribution < 1.29 is 109 Å². The van der Waals surface area contributed by atoms with Crippen LogP contribution in [0.25, 0.3) is 0 Å². The van der Waals surface area contributed by atoms with Gasteiger partial charge in [0.1, 0.15) is 91.6 Å². The van der Waals surface area contributed by atoms with Crippen LogP contribution in [0.5, 0.6) is 0 Å². The zero-order valence-corrected chi connectivity index (χ0v) is 36.5. The van der Waals surface area contributed by atoms with E-state index < -0.39 is 166 Å². The van der Waals surface area contributed by atoms with Gasteiger partial charge in [-0.05, 0) is 86.5 Å². The van der Waals surface area contributed by atoms with E-state index in [1.54, 1.807) is 0 Å². The molecule has 2 bridgehead atoms. The second-order valence-corrected chi connectivity index (χ2v) is 20.4. The molecule has 22 nitrogen and oxygen atoms in total. The van der Waals surface area contributed by atoms with Gasteiger partial charge in [-0.25, -0.2) is 0 Å². The van der Waals surface area contributed by atoms with Crippen LogP contribution < -0.4 is 0 Å². The number of aliphatic hydroxyl groups is 13. The quantitative estimate of drug-likeness (QED) is 0.0528. The van der Waals surface area contributed by atoms with Gasteiger partial charge in [-0.1, -0.05) is 19.9 Å². The molecule has 0 aromatic carbocycles. The molecule has 0 unspecified atom stereocenters. The van der Waals surface area contributed by atoms with Crippen molar-refractivity contribution in [1.29, 1.82) is 0 Å². The third-order valence-corrected chi connectivity index (χ3v) is 16.7. The third kappa shape index (κ3) is 8.32. The van der Waals surface area contributed by atoms with Gasteiger partial charge in [-0.15, -0.1) is 0 Å². The van der Waals surface area contributed by atoms with Crippen LogP contribution in [-0.2, 0) is 42.7 Å². The Morgan fingerprint density at radius 2 is 1.18 bits per heavy atom. The van der Waals surface area contributed by atoms with Crippen LogP contribution in [0, 0.1) is 28.1 Å². The highest BCUT2D eigenvalue weighted by Crippen LogP contribution is 2.73. The van der Waals surface area contributed by atoms with E-state index >= 15 is 0 Å². The number of carbonyl (C=O) groups excluding carboxylic acids is 1. The zero-order valence-electron chi connectivity index (χ0n) is 36.5. The minimum absolute atomic E-state index is 0.0488. The van der Waals surface area contributed by atoms with Crippen LogP contribution in [0.4, 0.5) is 0 Å². The first-order valence-corrected chi connectivity index (χ1v) is 22.8. The summed E-state index contributed by atoms with van der Waals surface area (Å²) in [7, 11) is 0. The first-order valence-electron chi connectivity index (χ1n) is 22.8. The minimum Gasteiger partial charge on any atom is -0.432 e. The predicted molar refractivity (Wildman–Crippen MR) is 213 cm³/mol. The maximum atomic E-state index is 14.3. The maximum absolute atomic E-state index is 14.3. The lowest BCUT2D eigenvalue weighted by Crippen LogP contribution is -2.67. The minimum atomic E-state index is -1.92. The largest absolute Gasteiger partial charge is 0.432 e. The monoisotopic (exact) mass is 936 g/mol. The van der Waals surface area contributed by atoms with Crippen LogP contribution >= 0.6 is 0 Å². The average Bonchev–Trinajstić information content (AvgIpc) is 3.48. The van der Waals surface area contributed by atoms with Crippen molar-refractivity contribution >= 4 is 5.97 Å². The number of esters is 1. The number of rotatable bonds is 11. The molecule has 4 saturated carbocycles. The normalized spacial score (nSPS) is 54.7. The molecule has 65 heavy (non-hydrogen) atoms. The summed E-state index contributed by atoms with van der Waals surface area (Å²) in [4.78, 5) is 14.3. The van der Waals surface area contributed by atoms with Gasteiger partial charge >= 0.3 is 5.97 Å². The standard InChI is InChI=1S/C43H68O22/c1-17-11-42-9-5-22-40(2,7-4-8-41(22,3)39(57)64-37-32(56)29(53)26(50)20(13-45)60-37)23(42)6-10-43(17,16-42)65-38-34(63-36-31(55)28(52)25(49)19(12-44)59-36)33(27(51)21(14-46)61-38)62-35-30(54)24(48)18(47)15-58-35/h18-38,44-56H,1,4-16H2,2-3H3/t18-,19-,20-,21-,22-,23-,24+,25-,26-,27-,28+,29+,30-,31-,32-,33+,34-,35+,36+,37+,38+,40-,41-,42-,43+/m1/s1. The van der Waals surface area contributed by atoms with Crippen molar-refractivity contribution in [1.82, 2.24) is 0 Å². The fourth-order valence-corrected chi connectivity index (χ4v) is 13.2. The maximum Gasteiger partial charge on any atom is 0.314 e. The van der Waals surface area contributed by atoms with E-state index in [1.807, 2.05) is 6.92 Å². The van der Waals surface area contributed by atoms with Crippen molar-refractivity contribution in [2.75, 3.05) is 26.4 Å². The lowest BCUT2D eigenvalue weighted by atomic mass is 9.41. The zero-order chi connectivity index (χ0) is 47.1. The average molecular weight is 937 g/mol. The van der Waals surface area contributed by atoms with Gasteiger partial charge in [-0.2, -0.15) is 0 Å². The van der Waals surface area contributed by atoms with Gasteiger partial charge in [-0.3, -0.25) is 4.79 Å². The molecule has 4 aliphatic heterocycles. The molecule has 13 N–H and O–H groups in total. The van der Waals surface area contributed by atoms with Crippen LogP contribution in [0.15, 0.2) is 12.2 Å². The molecule has 0 radical (unpaired) electrons. The number of aliphatic hydroxyl groups excluding tert-OH is 13. The van der Waals surface area contributed by atoms with Gasteiger partial charge in [0.2, 0.25) is 6.29 Å². The molecule has 372 valence electrons. The summed E-state index contributed by atoms with van der Waals surface area (Å²) in [5.74, 6) is -0.751. The van der Waals surface area contributed by atoms with E-state index in [-0.39, 0.29) is 17.3 Å². The Morgan fingerprint density at radius 1 is 0.631 bits per heavy atom. The molecule has 1 spiro atoms. The molecule has 0 aromatic rings. The molecule has 8 fully saturated rings. The van der Waals surface area contributed by atoms with E-state index in [9.17, 15) is 71.2 Å². The first-order chi connectivity index (χ1) is 30.7. The Kier molecular flexibility index (Phi) is 14.3. The summed E-state index contributed by atoms with van der Waals surface area (Å²) in [5.41, 5.74) is -2.19. The van der Waals surface area contributed by atoms with E-state index in [1.165, 1.54) is 0 Å². The van der Waals surface area contributed by atoms with Gasteiger partial charge in [0.15, 0.2) is 18.9 Å². The highest BCUT2D eigenvalue weighted by molar-refractivity contribution is 5.77. The smallest absolute Gasteiger partial charge is 0.314 e. The Hall–Kier alpha value is -1.59. The van der Waals surface area contributed by atoms with Crippen molar-refractivity contribution in [3.63, 3.8) is 0 Å². The van der Waals surface area contributed by atoms with E-state index in [0.717, 1.165) is 12.0 Å². The summed E-state index contributed by atoms with van der Waals surface area (Å²) < 4.78 is 48.1. The molecule has 8 aliphatic rings. The molecule has 4 saturated heterocycles. The van der Waals surface area contributed by atoms with E-state index in [4.69, 9.17) is 37.9 Å². The molecule has 4 heterocycles. The summed E-state index contributed by atoms with van der Waals surface area (Å²) in [6.45, 7) is 5.86. The van der Waals surface area contributed by atoms with Crippen LogP contribution in [0.3, 0.4) is 0 Å². The van der Waals surface area contributed by atoms with Crippen molar-refractivity contribution in [2.24, 2.45) is 28.1 Å². The van der Waals surface area contributed by atoms with Gasteiger partial charge in [0.05, 0.1) is 37.4 Å². The Morgan fingerprint density at radius 3 is 1.83 bits per heavy atom. The number of fused-ring (bicyclic) bond motifs is 3. The molecule has 0 aromatic heterocycles. The topological polar surface area (TPSA) is 354 Å². The van der Waals surface area contributed by atoms with Crippen molar-refractivity contribution in [2.45, 2.75) is 194 Å². The molecule has 8 rings (SSSR count). The third-order valence-electron chi connectivity index (χ3n) is 16.7. The van der Waals surface area contributed by atoms with Gasteiger partial charge in [0, 0.05) is 0 Å². The lowest BCUT2D eigenvalue weighted by Gasteiger charge is -2.64. The molecule has 25 atom stereocenters. The van der Waals surface area contributed by atoms with Gasteiger partial charge in [0.25, 0.3) is 0 Å². The van der Waals surface area contributed by atoms with E-state index in [2.05, 4.69) is 13.5 Å². The highest BCUT2D eigenvalue weighted by atomic mass is 16.8. The fraction of sp³-hybridized carbons (Fsp3) is 0.930. The predicted octanol–water partition coefficient (Wildman–Crippen LogP) is -4.47.